The average Bonchev–Trinajstić information content (AvgIpc) is 3.28. The number of carbonyl (C=O) groups is 1. The van der Waals surface area contributed by atoms with E-state index in [0.717, 1.165) is 5.56 Å². The second kappa shape index (κ2) is 7.72. The van der Waals surface area contributed by atoms with E-state index in [-0.39, 0.29) is 12.7 Å². The van der Waals surface area contributed by atoms with E-state index in [1.54, 1.807) is 6.92 Å². The Morgan fingerprint density at radius 2 is 2.09 bits per heavy atom. The molecule has 0 bridgehead atoms. The summed E-state index contributed by atoms with van der Waals surface area (Å²) in [5.74, 6) is -0.475. The van der Waals surface area contributed by atoms with Gasteiger partial charge >= 0.3 is 5.97 Å². The van der Waals surface area contributed by atoms with Crippen molar-refractivity contribution < 1.29 is 24.1 Å². The van der Waals surface area contributed by atoms with E-state index in [0.29, 0.717) is 26.1 Å². The normalized spacial score (nSPS) is 24.8. The summed E-state index contributed by atoms with van der Waals surface area (Å²) in [6.45, 7) is 4.78. The molecule has 122 valence electrons. The molecule has 1 fully saturated rings. The number of benzene rings is 1. The Balaban J connectivity index is 1.80. The maximum atomic E-state index is 12.0. The van der Waals surface area contributed by atoms with Crippen LogP contribution >= 0.6 is 0 Å². The quantitative estimate of drug-likeness (QED) is 0.430. The van der Waals surface area contributed by atoms with Crippen LogP contribution in [0, 0.1) is 0 Å². The molecule has 1 aliphatic heterocycles. The fraction of sp³-hybridized carbons (Fsp3) is 0.588. The molecule has 1 saturated heterocycles. The van der Waals surface area contributed by atoms with Crippen molar-refractivity contribution in [1.29, 1.82) is 0 Å². The number of epoxide rings is 1. The number of ether oxygens (including phenoxy) is 3. The molecule has 0 saturated carbocycles. The van der Waals surface area contributed by atoms with Gasteiger partial charge in [-0.2, -0.15) is 0 Å². The lowest BCUT2D eigenvalue weighted by Gasteiger charge is -2.18. The topological polar surface area (TPSA) is 68.3 Å². The fourth-order valence-electron chi connectivity index (χ4n) is 2.61. The Morgan fingerprint density at radius 1 is 1.36 bits per heavy atom. The van der Waals surface area contributed by atoms with Crippen molar-refractivity contribution in [3.63, 3.8) is 0 Å². The zero-order chi connectivity index (χ0) is 16.0. The molecule has 2 rings (SSSR count). The lowest BCUT2D eigenvalue weighted by molar-refractivity contribution is -0.154. The fourth-order valence-corrected chi connectivity index (χ4v) is 2.61. The van der Waals surface area contributed by atoms with Crippen LogP contribution in [-0.2, 0) is 25.6 Å². The van der Waals surface area contributed by atoms with Gasteiger partial charge in [0, 0.05) is 13.0 Å². The molecule has 3 atom stereocenters. The standard InChI is InChI=1S/C17H24O5/c1-3-15-17(22-15,16(19)21-4-2)14(18)10-11-20-12-13-8-6-5-7-9-13/h5-9,14-15,18H,3-4,10-12H2,1-2H3/t14-,15+,17+/m1/s1. The summed E-state index contributed by atoms with van der Waals surface area (Å²) in [4.78, 5) is 12.0. The van der Waals surface area contributed by atoms with Crippen molar-refractivity contribution in [1.82, 2.24) is 0 Å². The van der Waals surface area contributed by atoms with Crippen molar-refractivity contribution in [3.8, 4) is 0 Å². The first-order valence-corrected chi connectivity index (χ1v) is 7.79. The molecular formula is C17H24O5. The minimum Gasteiger partial charge on any atom is -0.464 e. The molecule has 0 spiro atoms. The largest absolute Gasteiger partial charge is 0.464 e. The van der Waals surface area contributed by atoms with Crippen molar-refractivity contribution in [2.45, 2.75) is 51.1 Å². The smallest absolute Gasteiger partial charge is 0.343 e. The summed E-state index contributed by atoms with van der Waals surface area (Å²) in [6, 6.07) is 9.81. The van der Waals surface area contributed by atoms with E-state index in [1.165, 1.54) is 0 Å². The number of aliphatic hydroxyl groups is 1. The van der Waals surface area contributed by atoms with Crippen LogP contribution in [0.25, 0.3) is 0 Å². The predicted molar refractivity (Wildman–Crippen MR) is 81.2 cm³/mol. The number of rotatable bonds is 9. The number of aliphatic hydroxyl groups excluding tert-OH is 1. The summed E-state index contributed by atoms with van der Waals surface area (Å²) >= 11 is 0. The molecule has 1 aromatic carbocycles. The van der Waals surface area contributed by atoms with Gasteiger partial charge in [0.15, 0.2) is 0 Å². The second-order valence-electron chi connectivity index (χ2n) is 5.37. The van der Waals surface area contributed by atoms with Gasteiger partial charge in [0.1, 0.15) is 6.10 Å². The van der Waals surface area contributed by atoms with Gasteiger partial charge in [-0.05, 0) is 18.9 Å². The third-order valence-electron chi connectivity index (χ3n) is 3.87. The molecule has 1 N–H and O–H groups in total. The zero-order valence-electron chi connectivity index (χ0n) is 13.2. The van der Waals surface area contributed by atoms with E-state index in [1.807, 2.05) is 37.3 Å². The van der Waals surface area contributed by atoms with Gasteiger partial charge in [-0.15, -0.1) is 0 Å². The molecule has 1 aliphatic rings. The first-order chi connectivity index (χ1) is 10.6. The molecule has 0 unspecified atom stereocenters. The Labute approximate surface area is 131 Å². The summed E-state index contributed by atoms with van der Waals surface area (Å²) in [6.07, 6.45) is -0.175. The third kappa shape index (κ3) is 3.66. The van der Waals surface area contributed by atoms with Crippen molar-refractivity contribution in [2.24, 2.45) is 0 Å². The van der Waals surface area contributed by atoms with Gasteiger partial charge in [0.25, 0.3) is 0 Å². The highest BCUT2D eigenvalue weighted by Gasteiger charge is 2.67. The average molecular weight is 308 g/mol. The molecule has 22 heavy (non-hydrogen) atoms. The van der Waals surface area contributed by atoms with Crippen LogP contribution < -0.4 is 0 Å². The van der Waals surface area contributed by atoms with E-state index in [4.69, 9.17) is 14.2 Å². The summed E-state index contributed by atoms with van der Waals surface area (Å²) in [5, 5.41) is 10.3. The maximum Gasteiger partial charge on any atom is 0.343 e. The van der Waals surface area contributed by atoms with Gasteiger partial charge < -0.3 is 19.3 Å². The highest BCUT2D eigenvalue weighted by atomic mass is 16.7. The molecular weight excluding hydrogens is 284 g/mol. The first-order valence-electron chi connectivity index (χ1n) is 7.79. The van der Waals surface area contributed by atoms with Crippen LogP contribution in [0.2, 0.25) is 0 Å². The van der Waals surface area contributed by atoms with Crippen LogP contribution in [0.5, 0.6) is 0 Å². The predicted octanol–water partition coefficient (Wildman–Crippen LogP) is 2.06. The molecule has 0 radical (unpaired) electrons. The molecule has 1 aromatic rings. The van der Waals surface area contributed by atoms with Gasteiger partial charge in [0.2, 0.25) is 5.60 Å². The van der Waals surface area contributed by atoms with Gasteiger partial charge in [-0.3, -0.25) is 0 Å². The van der Waals surface area contributed by atoms with E-state index >= 15 is 0 Å². The van der Waals surface area contributed by atoms with Gasteiger partial charge in [0.05, 0.1) is 19.3 Å². The van der Waals surface area contributed by atoms with Gasteiger partial charge in [-0.1, -0.05) is 37.3 Å². The highest BCUT2D eigenvalue weighted by Crippen LogP contribution is 2.44. The SMILES string of the molecule is CCOC(=O)[C@@]1([C@H](O)CCOCc2ccccc2)O[C@H]1CC. The minimum atomic E-state index is -1.19. The Morgan fingerprint density at radius 3 is 2.68 bits per heavy atom. The Kier molecular flexibility index (Phi) is 5.94. The Hall–Kier alpha value is -1.43. The van der Waals surface area contributed by atoms with Crippen LogP contribution in [0.1, 0.15) is 32.3 Å². The minimum absolute atomic E-state index is 0.268. The second-order valence-corrected chi connectivity index (χ2v) is 5.37. The molecule has 5 nitrogen and oxygen atoms in total. The van der Waals surface area contributed by atoms with Crippen molar-refractivity contribution in [2.75, 3.05) is 13.2 Å². The van der Waals surface area contributed by atoms with Crippen molar-refractivity contribution >= 4 is 5.97 Å². The lowest BCUT2D eigenvalue weighted by atomic mass is 9.94. The molecule has 0 amide bonds. The van der Waals surface area contributed by atoms with Crippen LogP contribution in [-0.4, -0.2) is 42.1 Å². The summed E-state index contributed by atoms with van der Waals surface area (Å²) in [5.41, 5.74) is -0.118. The Bertz CT molecular complexity index is 475. The monoisotopic (exact) mass is 308 g/mol. The summed E-state index contributed by atoms with van der Waals surface area (Å²) < 4.78 is 16.1. The van der Waals surface area contributed by atoms with E-state index < -0.39 is 17.7 Å². The van der Waals surface area contributed by atoms with E-state index in [9.17, 15) is 9.90 Å². The molecule has 0 aliphatic carbocycles. The van der Waals surface area contributed by atoms with Gasteiger partial charge in [-0.25, -0.2) is 4.79 Å². The zero-order valence-corrected chi connectivity index (χ0v) is 13.2. The summed E-state index contributed by atoms with van der Waals surface area (Å²) in [7, 11) is 0. The molecule has 1 heterocycles. The van der Waals surface area contributed by atoms with Crippen LogP contribution in [0.3, 0.4) is 0 Å². The molecule has 5 heteroatoms. The number of carbonyl (C=O) groups excluding carboxylic acids is 1. The number of hydrogen-bond acceptors (Lipinski definition) is 5. The maximum absolute atomic E-state index is 12.0. The molecule has 0 aromatic heterocycles. The highest BCUT2D eigenvalue weighted by molar-refractivity contribution is 5.84. The third-order valence-corrected chi connectivity index (χ3v) is 3.87. The van der Waals surface area contributed by atoms with Crippen LogP contribution in [0.4, 0.5) is 0 Å². The lowest BCUT2D eigenvalue weighted by Crippen LogP contribution is -2.42. The van der Waals surface area contributed by atoms with Crippen LogP contribution in [0.15, 0.2) is 30.3 Å². The first kappa shape index (κ1) is 16.9. The number of hydrogen-bond donors (Lipinski definition) is 1. The number of esters is 1. The van der Waals surface area contributed by atoms with E-state index in [2.05, 4.69) is 0 Å². The van der Waals surface area contributed by atoms with Crippen molar-refractivity contribution in [3.05, 3.63) is 35.9 Å².